The van der Waals surface area contributed by atoms with Crippen molar-refractivity contribution >= 4 is 11.6 Å². The van der Waals surface area contributed by atoms with Gasteiger partial charge in [0.15, 0.2) is 0 Å². The van der Waals surface area contributed by atoms with E-state index in [1.54, 1.807) is 19.2 Å². The van der Waals surface area contributed by atoms with Gasteiger partial charge in [0.1, 0.15) is 18.1 Å². The Balaban J connectivity index is 1.79. The van der Waals surface area contributed by atoms with Crippen molar-refractivity contribution in [1.82, 2.24) is 10.2 Å². The molecule has 1 amide bonds. The maximum Gasteiger partial charge on any atom is 0.234 e. The molecule has 1 saturated heterocycles. The van der Waals surface area contributed by atoms with Gasteiger partial charge in [-0.2, -0.15) is 0 Å². The lowest BCUT2D eigenvalue weighted by Crippen LogP contribution is -2.48. The quantitative estimate of drug-likeness (QED) is 0.738. The molecular weight excluding hydrogens is 246 g/mol. The molecule has 3 N–H and O–H groups in total. The Kier molecular flexibility index (Phi) is 4.46. The largest absolute Gasteiger partial charge is 0.495 e. The highest BCUT2D eigenvalue weighted by molar-refractivity contribution is 5.78. The zero-order valence-corrected chi connectivity index (χ0v) is 11.0. The number of hydrogen-bond donors (Lipinski definition) is 2. The van der Waals surface area contributed by atoms with Gasteiger partial charge in [-0.05, 0) is 12.1 Å². The predicted octanol–water partition coefficient (Wildman–Crippen LogP) is 0.0880. The van der Waals surface area contributed by atoms with Crippen molar-refractivity contribution in [2.24, 2.45) is 0 Å². The third-order valence-corrected chi connectivity index (χ3v) is 2.99. The molecule has 6 nitrogen and oxygen atoms in total. The Morgan fingerprint density at radius 3 is 3.00 bits per heavy atom. The molecule has 19 heavy (non-hydrogen) atoms. The third-order valence-electron chi connectivity index (χ3n) is 2.99. The standard InChI is InChI=1S/C13H19N3O3/c1-18-12-3-2-10(8-11(12)14)19-7-6-16-5-4-15-13(17)9-16/h2-3,8H,4-7,9,14H2,1H3,(H,15,17). The van der Waals surface area contributed by atoms with Crippen LogP contribution in [0.25, 0.3) is 0 Å². The number of anilines is 1. The van der Waals surface area contributed by atoms with Gasteiger partial charge in [0, 0.05) is 25.7 Å². The fourth-order valence-electron chi connectivity index (χ4n) is 1.98. The van der Waals surface area contributed by atoms with Crippen LogP contribution in [0.2, 0.25) is 0 Å². The molecule has 1 aliphatic heterocycles. The van der Waals surface area contributed by atoms with Crippen LogP contribution in [-0.4, -0.2) is 50.7 Å². The molecule has 0 spiro atoms. The van der Waals surface area contributed by atoms with E-state index < -0.39 is 0 Å². The van der Waals surface area contributed by atoms with Crippen LogP contribution in [0, 0.1) is 0 Å². The van der Waals surface area contributed by atoms with Crippen LogP contribution in [0.3, 0.4) is 0 Å². The lowest BCUT2D eigenvalue weighted by molar-refractivity contribution is -0.124. The second-order valence-electron chi connectivity index (χ2n) is 4.38. The summed E-state index contributed by atoms with van der Waals surface area (Å²) >= 11 is 0. The highest BCUT2D eigenvalue weighted by atomic mass is 16.5. The molecule has 0 aromatic heterocycles. The van der Waals surface area contributed by atoms with Gasteiger partial charge < -0.3 is 20.5 Å². The van der Waals surface area contributed by atoms with E-state index in [1.165, 1.54) is 0 Å². The molecule has 1 aliphatic rings. The Bertz CT molecular complexity index is 451. The number of ether oxygens (including phenoxy) is 2. The lowest BCUT2D eigenvalue weighted by atomic mass is 10.3. The first-order valence-corrected chi connectivity index (χ1v) is 6.24. The van der Waals surface area contributed by atoms with Gasteiger partial charge in [0.05, 0.1) is 19.3 Å². The van der Waals surface area contributed by atoms with E-state index in [9.17, 15) is 4.79 Å². The van der Waals surface area contributed by atoms with Gasteiger partial charge in [0.25, 0.3) is 0 Å². The fourth-order valence-corrected chi connectivity index (χ4v) is 1.98. The molecule has 1 aromatic carbocycles. The average Bonchev–Trinajstić information content (AvgIpc) is 2.39. The van der Waals surface area contributed by atoms with Crippen molar-refractivity contribution in [2.75, 3.05) is 45.6 Å². The maximum atomic E-state index is 11.2. The lowest BCUT2D eigenvalue weighted by Gasteiger charge is -2.26. The van der Waals surface area contributed by atoms with Crippen molar-refractivity contribution in [3.8, 4) is 11.5 Å². The number of carbonyl (C=O) groups excluding carboxylic acids is 1. The maximum absolute atomic E-state index is 11.2. The van der Waals surface area contributed by atoms with Crippen molar-refractivity contribution < 1.29 is 14.3 Å². The van der Waals surface area contributed by atoms with Crippen LogP contribution in [-0.2, 0) is 4.79 Å². The van der Waals surface area contributed by atoms with Gasteiger partial charge >= 0.3 is 0 Å². The van der Waals surface area contributed by atoms with Crippen molar-refractivity contribution in [3.05, 3.63) is 18.2 Å². The van der Waals surface area contributed by atoms with E-state index in [0.717, 1.165) is 13.1 Å². The summed E-state index contributed by atoms with van der Waals surface area (Å²) in [6.07, 6.45) is 0. The molecule has 0 saturated carbocycles. The van der Waals surface area contributed by atoms with Crippen LogP contribution >= 0.6 is 0 Å². The number of rotatable bonds is 5. The van der Waals surface area contributed by atoms with Gasteiger partial charge in [-0.3, -0.25) is 9.69 Å². The van der Waals surface area contributed by atoms with E-state index in [2.05, 4.69) is 10.2 Å². The molecular formula is C13H19N3O3. The Hall–Kier alpha value is -1.95. The minimum Gasteiger partial charge on any atom is -0.495 e. The van der Waals surface area contributed by atoms with Crippen LogP contribution in [0.4, 0.5) is 5.69 Å². The monoisotopic (exact) mass is 265 g/mol. The topological polar surface area (TPSA) is 76.8 Å². The molecule has 1 aromatic rings. The Morgan fingerprint density at radius 1 is 1.47 bits per heavy atom. The summed E-state index contributed by atoms with van der Waals surface area (Å²) in [6, 6.07) is 5.33. The molecule has 2 rings (SSSR count). The molecule has 1 heterocycles. The Labute approximate surface area is 112 Å². The Morgan fingerprint density at radius 2 is 2.32 bits per heavy atom. The third kappa shape index (κ3) is 3.75. The zero-order chi connectivity index (χ0) is 13.7. The smallest absolute Gasteiger partial charge is 0.234 e. The number of carbonyl (C=O) groups is 1. The summed E-state index contributed by atoms with van der Waals surface area (Å²) in [7, 11) is 1.58. The first-order valence-electron chi connectivity index (χ1n) is 6.24. The van der Waals surface area contributed by atoms with E-state index in [0.29, 0.717) is 36.9 Å². The van der Waals surface area contributed by atoms with Crippen molar-refractivity contribution in [1.29, 1.82) is 0 Å². The molecule has 0 bridgehead atoms. The zero-order valence-electron chi connectivity index (χ0n) is 11.0. The minimum absolute atomic E-state index is 0.0694. The second-order valence-corrected chi connectivity index (χ2v) is 4.38. The number of nitrogens with zero attached hydrogens (tertiary/aromatic N) is 1. The fraction of sp³-hybridized carbons (Fsp3) is 0.462. The molecule has 0 aliphatic carbocycles. The number of piperazine rings is 1. The SMILES string of the molecule is COc1ccc(OCCN2CCNC(=O)C2)cc1N. The molecule has 0 unspecified atom stereocenters. The van der Waals surface area contributed by atoms with Gasteiger partial charge in [-0.15, -0.1) is 0 Å². The number of amides is 1. The molecule has 0 atom stereocenters. The summed E-state index contributed by atoms with van der Waals surface area (Å²) in [6.45, 7) is 3.25. The van der Waals surface area contributed by atoms with Gasteiger partial charge in [-0.25, -0.2) is 0 Å². The summed E-state index contributed by atoms with van der Waals surface area (Å²) in [5, 5.41) is 2.79. The van der Waals surface area contributed by atoms with Gasteiger partial charge in [-0.1, -0.05) is 0 Å². The first-order chi connectivity index (χ1) is 9.19. The van der Waals surface area contributed by atoms with Gasteiger partial charge in [0.2, 0.25) is 5.91 Å². The van der Waals surface area contributed by atoms with Crippen LogP contribution in [0.15, 0.2) is 18.2 Å². The van der Waals surface area contributed by atoms with Crippen molar-refractivity contribution in [3.63, 3.8) is 0 Å². The highest BCUT2D eigenvalue weighted by Crippen LogP contribution is 2.25. The predicted molar refractivity (Wildman–Crippen MR) is 72.4 cm³/mol. The van der Waals surface area contributed by atoms with E-state index in [-0.39, 0.29) is 5.91 Å². The second kappa shape index (κ2) is 6.29. The van der Waals surface area contributed by atoms with E-state index in [1.807, 2.05) is 6.07 Å². The normalized spacial score (nSPS) is 15.9. The van der Waals surface area contributed by atoms with Crippen LogP contribution < -0.4 is 20.5 Å². The first kappa shape index (κ1) is 13.5. The number of nitrogen functional groups attached to an aromatic ring is 1. The number of nitrogens with one attached hydrogen (secondary N) is 1. The molecule has 1 fully saturated rings. The summed E-state index contributed by atoms with van der Waals surface area (Å²) < 4.78 is 10.7. The van der Waals surface area contributed by atoms with Crippen LogP contribution in [0.5, 0.6) is 11.5 Å². The molecule has 104 valence electrons. The number of nitrogens with two attached hydrogens (primary N) is 1. The highest BCUT2D eigenvalue weighted by Gasteiger charge is 2.15. The summed E-state index contributed by atoms with van der Waals surface area (Å²) in [5.41, 5.74) is 6.35. The minimum atomic E-state index is 0.0694. The summed E-state index contributed by atoms with van der Waals surface area (Å²) in [4.78, 5) is 13.3. The number of hydrogen-bond acceptors (Lipinski definition) is 5. The summed E-state index contributed by atoms with van der Waals surface area (Å²) in [5.74, 6) is 1.42. The number of benzene rings is 1. The molecule has 6 heteroatoms. The average molecular weight is 265 g/mol. The molecule has 0 radical (unpaired) electrons. The van der Waals surface area contributed by atoms with E-state index >= 15 is 0 Å². The van der Waals surface area contributed by atoms with E-state index in [4.69, 9.17) is 15.2 Å². The number of methoxy groups -OCH3 is 1. The van der Waals surface area contributed by atoms with Crippen molar-refractivity contribution in [2.45, 2.75) is 0 Å². The van der Waals surface area contributed by atoms with Crippen LogP contribution in [0.1, 0.15) is 0 Å².